The van der Waals surface area contributed by atoms with Crippen LogP contribution in [0.1, 0.15) is 31.0 Å². The highest BCUT2D eigenvalue weighted by atomic mass is 32.2. The Bertz CT molecular complexity index is 468. The summed E-state index contributed by atoms with van der Waals surface area (Å²) in [5.41, 5.74) is 2.44. The van der Waals surface area contributed by atoms with Crippen LogP contribution in [-0.4, -0.2) is 26.5 Å². The number of benzene rings is 1. The molecule has 1 rings (SSSR count). The number of sulfone groups is 1. The highest BCUT2D eigenvalue weighted by molar-refractivity contribution is 7.90. The van der Waals surface area contributed by atoms with Gasteiger partial charge in [0.15, 0.2) is 0 Å². The second-order valence-electron chi connectivity index (χ2n) is 4.74. The summed E-state index contributed by atoms with van der Waals surface area (Å²) in [7, 11) is -2.92. The number of hydrogen-bond donors (Lipinski definition) is 1. The molecule has 0 fully saturated rings. The molecule has 0 saturated heterocycles. The van der Waals surface area contributed by atoms with Crippen LogP contribution >= 0.6 is 0 Å². The predicted octanol–water partition coefficient (Wildman–Crippen LogP) is 2.08. The second-order valence-corrected chi connectivity index (χ2v) is 6.92. The maximum atomic E-state index is 11.2. The van der Waals surface area contributed by atoms with Crippen molar-refractivity contribution in [2.24, 2.45) is 0 Å². The van der Waals surface area contributed by atoms with Crippen molar-refractivity contribution in [2.75, 3.05) is 12.0 Å². The Balaban J connectivity index is 2.67. The van der Waals surface area contributed by atoms with Crippen LogP contribution < -0.4 is 5.32 Å². The van der Waals surface area contributed by atoms with Crippen molar-refractivity contribution in [1.29, 1.82) is 0 Å². The third kappa shape index (κ3) is 4.88. The van der Waals surface area contributed by atoms with E-state index >= 15 is 0 Å². The molecular formula is C13H21NO2S. The summed E-state index contributed by atoms with van der Waals surface area (Å²) in [6, 6.07) is 8.26. The van der Waals surface area contributed by atoms with Crippen LogP contribution in [0.15, 0.2) is 24.3 Å². The fourth-order valence-electron chi connectivity index (χ4n) is 2.09. The first-order valence-electron chi connectivity index (χ1n) is 5.79. The summed E-state index contributed by atoms with van der Waals surface area (Å²) < 4.78 is 22.4. The minimum Gasteiger partial charge on any atom is -0.307 e. The lowest BCUT2D eigenvalue weighted by Gasteiger charge is -2.21. The number of aryl methyl sites for hydroxylation is 1. The van der Waals surface area contributed by atoms with E-state index in [1.807, 2.05) is 19.1 Å². The average molecular weight is 255 g/mol. The van der Waals surface area contributed by atoms with Crippen LogP contribution in [-0.2, 0) is 9.84 Å². The number of nitrogens with one attached hydrogen (secondary N) is 1. The SMILES string of the molecule is Cc1ccccc1[C@H](C)NC(C)CS(C)(=O)=O. The summed E-state index contributed by atoms with van der Waals surface area (Å²) in [6.07, 6.45) is 1.27. The fraction of sp³-hybridized carbons (Fsp3) is 0.538. The van der Waals surface area contributed by atoms with Crippen molar-refractivity contribution >= 4 is 9.84 Å². The van der Waals surface area contributed by atoms with Gasteiger partial charge in [-0.25, -0.2) is 8.42 Å². The van der Waals surface area contributed by atoms with Crippen molar-refractivity contribution in [3.63, 3.8) is 0 Å². The third-order valence-corrected chi connectivity index (χ3v) is 3.85. The molecule has 0 bridgehead atoms. The van der Waals surface area contributed by atoms with Crippen molar-refractivity contribution < 1.29 is 8.42 Å². The van der Waals surface area contributed by atoms with Gasteiger partial charge in [-0.1, -0.05) is 24.3 Å². The van der Waals surface area contributed by atoms with Gasteiger partial charge in [0.25, 0.3) is 0 Å². The van der Waals surface area contributed by atoms with E-state index in [-0.39, 0.29) is 17.8 Å². The monoisotopic (exact) mass is 255 g/mol. The van der Waals surface area contributed by atoms with E-state index < -0.39 is 9.84 Å². The van der Waals surface area contributed by atoms with Crippen LogP contribution in [0.2, 0.25) is 0 Å². The zero-order chi connectivity index (χ0) is 13.1. The Morgan fingerprint density at radius 3 is 2.35 bits per heavy atom. The average Bonchev–Trinajstić information content (AvgIpc) is 2.14. The molecule has 0 radical (unpaired) electrons. The molecule has 1 N–H and O–H groups in total. The van der Waals surface area contributed by atoms with Gasteiger partial charge in [0, 0.05) is 18.3 Å². The second kappa shape index (κ2) is 5.65. The molecule has 1 aromatic rings. The zero-order valence-electron chi connectivity index (χ0n) is 10.9. The van der Waals surface area contributed by atoms with Gasteiger partial charge in [0.2, 0.25) is 0 Å². The van der Waals surface area contributed by atoms with Gasteiger partial charge >= 0.3 is 0 Å². The lowest BCUT2D eigenvalue weighted by atomic mass is 10.0. The maximum absolute atomic E-state index is 11.2. The first-order valence-corrected chi connectivity index (χ1v) is 7.85. The molecule has 4 heteroatoms. The summed E-state index contributed by atoms with van der Waals surface area (Å²) in [5, 5.41) is 3.31. The fourth-order valence-corrected chi connectivity index (χ4v) is 3.10. The smallest absolute Gasteiger partial charge is 0.148 e. The molecule has 0 spiro atoms. The van der Waals surface area contributed by atoms with Gasteiger partial charge in [-0.05, 0) is 31.9 Å². The van der Waals surface area contributed by atoms with Crippen LogP contribution in [0.25, 0.3) is 0 Å². The Morgan fingerprint density at radius 2 is 1.82 bits per heavy atom. The first kappa shape index (κ1) is 14.2. The Kier molecular flexibility index (Phi) is 4.71. The summed E-state index contributed by atoms with van der Waals surface area (Å²) in [4.78, 5) is 0. The molecular weight excluding hydrogens is 234 g/mol. The lowest BCUT2D eigenvalue weighted by molar-refractivity contribution is 0.499. The van der Waals surface area contributed by atoms with Gasteiger partial charge in [-0.3, -0.25) is 0 Å². The van der Waals surface area contributed by atoms with E-state index in [0.717, 1.165) is 0 Å². The Labute approximate surface area is 104 Å². The zero-order valence-corrected chi connectivity index (χ0v) is 11.7. The molecule has 0 aliphatic heterocycles. The lowest BCUT2D eigenvalue weighted by Crippen LogP contribution is -2.34. The molecule has 0 aliphatic carbocycles. The van der Waals surface area contributed by atoms with E-state index in [9.17, 15) is 8.42 Å². The molecule has 0 heterocycles. The largest absolute Gasteiger partial charge is 0.307 e. The quantitative estimate of drug-likeness (QED) is 0.876. The van der Waals surface area contributed by atoms with Gasteiger partial charge in [-0.2, -0.15) is 0 Å². The molecule has 96 valence electrons. The Morgan fingerprint density at radius 1 is 1.24 bits per heavy atom. The maximum Gasteiger partial charge on any atom is 0.148 e. The molecule has 2 atom stereocenters. The summed E-state index contributed by atoms with van der Waals surface area (Å²) in [5.74, 6) is 0.170. The van der Waals surface area contributed by atoms with Crippen molar-refractivity contribution in [3.8, 4) is 0 Å². The molecule has 0 amide bonds. The van der Waals surface area contributed by atoms with Crippen molar-refractivity contribution in [1.82, 2.24) is 5.32 Å². The molecule has 3 nitrogen and oxygen atoms in total. The molecule has 1 unspecified atom stereocenters. The van der Waals surface area contributed by atoms with E-state index in [4.69, 9.17) is 0 Å². The van der Waals surface area contributed by atoms with Crippen molar-refractivity contribution in [2.45, 2.75) is 32.9 Å². The highest BCUT2D eigenvalue weighted by Crippen LogP contribution is 2.17. The van der Waals surface area contributed by atoms with Crippen LogP contribution in [0.4, 0.5) is 0 Å². The number of hydrogen-bond acceptors (Lipinski definition) is 3. The minimum absolute atomic E-state index is 0.0420. The standard InChI is InChI=1S/C13H21NO2S/c1-10-7-5-6-8-13(10)12(3)14-11(2)9-17(4,15)16/h5-8,11-12,14H,9H2,1-4H3/t11?,12-/m0/s1. The van der Waals surface area contributed by atoms with Gasteiger partial charge in [0.05, 0.1) is 5.75 Å². The van der Waals surface area contributed by atoms with E-state index in [1.165, 1.54) is 17.4 Å². The molecule has 17 heavy (non-hydrogen) atoms. The number of rotatable bonds is 5. The molecule has 0 saturated carbocycles. The third-order valence-electron chi connectivity index (χ3n) is 2.74. The first-order chi connectivity index (χ1) is 7.79. The van der Waals surface area contributed by atoms with Crippen LogP contribution in [0.5, 0.6) is 0 Å². The minimum atomic E-state index is -2.92. The molecule has 0 aliphatic rings. The van der Waals surface area contributed by atoms with E-state index in [2.05, 4.69) is 31.3 Å². The molecule has 0 aromatic heterocycles. The van der Waals surface area contributed by atoms with Gasteiger partial charge in [-0.15, -0.1) is 0 Å². The van der Waals surface area contributed by atoms with E-state index in [1.54, 1.807) is 0 Å². The van der Waals surface area contributed by atoms with Crippen LogP contribution in [0.3, 0.4) is 0 Å². The van der Waals surface area contributed by atoms with Gasteiger partial charge < -0.3 is 5.32 Å². The normalized spacial score (nSPS) is 15.5. The van der Waals surface area contributed by atoms with Gasteiger partial charge in [0.1, 0.15) is 9.84 Å². The summed E-state index contributed by atoms with van der Waals surface area (Å²) >= 11 is 0. The predicted molar refractivity (Wildman–Crippen MR) is 71.9 cm³/mol. The molecule has 1 aromatic carbocycles. The summed E-state index contributed by atoms with van der Waals surface area (Å²) in [6.45, 7) is 6.02. The van der Waals surface area contributed by atoms with Crippen LogP contribution in [0, 0.1) is 6.92 Å². The highest BCUT2D eigenvalue weighted by Gasteiger charge is 2.14. The van der Waals surface area contributed by atoms with Crippen molar-refractivity contribution in [3.05, 3.63) is 35.4 Å². The topological polar surface area (TPSA) is 46.2 Å². The Hall–Kier alpha value is -0.870. The van der Waals surface area contributed by atoms with E-state index in [0.29, 0.717) is 0 Å².